The Bertz CT molecular complexity index is 926. The summed E-state index contributed by atoms with van der Waals surface area (Å²) in [4.78, 5) is 24.4. The molecule has 4 atom stereocenters. The maximum Gasteiger partial charge on any atom is 0.426 e. The third kappa shape index (κ3) is 7.36. The van der Waals surface area contributed by atoms with Gasteiger partial charge in [-0.05, 0) is 19.8 Å². The molecule has 1 aliphatic rings. The molecule has 10 nitrogen and oxygen atoms in total. The van der Waals surface area contributed by atoms with Crippen LogP contribution in [0.5, 0.6) is 0 Å². The summed E-state index contributed by atoms with van der Waals surface area (Å²) in [5.41, 5.74) is 0. The topological polar surface area (TPSA) is 161 Å². The number of alkyl halides is 5. The fourth-order valence-corrected chi connectivity index (χ4v) is 3.60. The van der Waals surface area contributed by atoms with Crippen molar-refractivity contribution in [2.75, 3.05) is 5.75 Å². The lowest BCUT2D eigenvalue weighted by Crippen LogP contribution is -2.45. The van der Waals surface area contributed by atoms with Crippen LogP contribution in [0.3, 0.4) is 0 Å². The highest BCUT2D eigenvalue weighted by molar-refractivity contribution is 7.87. The maximum atomic E-state index is 13.5. The summed E-state index contributed by atoms with van der Waals surface area (Å²) >= 11 is 0. The number of ether oxygens (including phenoxy) is 2. The molecule has 31 heavy (non-hydrogen) atoms. The first kappa shape index (κ1) is 27.2. The molecular weight excluding hydrogens is 487 g/mol. The van der Waals surface area contributed by atoms with Crippen LogP contribution in [0.4, 0.5) is 22.0 Å². The van der Waals surface area contributed by atoms with Gasteiger partial charge < -0.3 is 9.47 Å². The fraction of sp³-hybridized carbons (Fsp3) is 0.714. The summed E-state index contributed by atoms with van der Waals surface area (Å²) in [6.07, 6.45) is -9.70. The molecule has 0 saturated carbocycles. The van der Waals surface area contributed by atoms with Gasteiger partial charge in [0.25, 0.3) is 10.1 Å². The molecule has 17 heteroatoms. The second-order valence-corrected chi connectivity index (χ2v) is 9.48. The molecule has 2 N–H and O–H groups in total. The standard InChI is InChI=1S/C14H17F5O10S2/c1-7(14(18,19)31(25,26)27)28-11(20)8-4-2-3-5-9(8)12(21)29-10(13(15,16)17)6-30(22,23)24/h2-3,7-10H,4-6H2,1H3,(H,22,23,24)(H,25,26,27). The second kappa shape index (κ2) is 9.33. The minimum absolute atomic E-state index is 0.391. The molecule has 0 radical (unpaired) electrons. The Hall–Kier alpha value is -1.85. The Morgan fingerprint density at radius 2 is 1.39 bits per heavy atom. The van der Waals surface area contributed by atoms with Gasteiger partial charge >= 0.3 is 33.5 Å². The molecule has 0 fully saturated rings. The van der Waals surface area contributed by atoms with E-state index in [1.54, 1.807) is 0 Å². The predicted octanol–water partition coefficient (Wildman–Crippen LogP) is 1.34. The third-order valence-corrected chi connectivity index (χ3v) is 5.88. The summed E-state index contributed by atoms with van der Waals surface area (Å²) in [5, 5.41) is -4.92. The number of rotatable bonds is 8. The van der Waals surface area contributed by atoms with Gasteiger partial charge in [-0.1, -0.05) is 12.2 Å². The Morgan fingerprint density at radius 1 is 0.968 bits per heavy atom. The second-order valence-electron chi connectivity index (χ2n) is 6.49. The minimum atomic E-state index is -5.98. The summed E-state index contributed by atoms with van der Waals surface area (Å²) < 4.78 is 134. The molecule has 4 unspecified atom stereocenters. The van der Waals surface area contributed by atoms with E-state index in [1.165, 1.54) is 12.2 Å². The first-order valence-electron chi connectivity index (χ1n) is 8.20. The molecule has 0 saturated heterocycles. The minimum Gasteiger partial charge on any atom is -0.455 e. The highest BCUT2D eigenvalue weighted by Crippen LogP contribution is 2.33. The van der Waals surface area contributed by atoms with Gasteiger partial charge in [0.15, 0.2) is 6.10 Å². The van der Waals surface area contributed by atoms with Gasteiger partial charge in [-0.25, -0.2) is 0 Å². The molecule has 0 aromatic carbocycles. The van der Waals surface area contributed by atoms with E-state index in [-0.39, 0.29) is 0 Å². The van der Waals surface area contributed by atoms with E-state index in [4.69, 9.17) is 9.11 Å². The average Bonchev–Trinajstić information content (AvgIpc) is 2.58. The van der Waals surface area contributed by atoms with Crippen molar-refractivity contribution in [3.8, 4) is 0 Å². The van der Waals surface area contributed by atoms with Gasteiger partial charge in [0.1, 0.15) is 5.75 Å². The van der Waals surface area contributed by atoms with Crippen LogP contribution in [0.2, 0.25) is 0 Å². The van der Waals surface area contributed by atoms with Crippen LogP contribution in [0.25, 0.3) is 0 Å². The maximum absolute atomic E-state index is 13.5. The number of hydrogen-bond acceptors (Lipinski definition) is 8. The van der Waals surface area contributed by atoms with Crippen molar-refractivity contribution < 1.29 is 67.0 Å². The Balaban J connectivity index is 3.04. The van der Waals surface area contributed by atoms with E-state index in [0.29, 0.717) is 6.92 Å². The smallest absolute Gasteiger partial charge is 0.426 e. The molecule has 0 heterocycles. The zero-order valence-electron chi connectivity index (χ0n) is 15.5. The van der Waals surface area contributed by atoms with Crippen LogP contribution >= 0.6 is 0 Å². The van der Waals surface area contributed by atoms with Gasteiger partial charge in [-0.2, -0.15) is 38.8 Å². The fourth-order valence-electron chi connectivity index (χ4n) is 2.49. The number of allylic oxidation sites excluding steroid dienone is 2. The molecule has 180 valence electrons. The van der Waals surface area contributed by atoms with E-state index in [1.807, 2.05) is 0 Å². The van der Waals surface area contributed by atoms with Crippen LogP contribution in [0, 0.1) is 11.8 Å². The van der Waals surface area contributed by atoms with Crippen molar-refractivity contribution in [3.63, 3.8) is 0 Å². The number of carbonyl (C=O) groups is 2. The van der Waals surface area contributed by atoms with Gasteiger partial charge in [-0.15, -0.1) is 0 Å². The van der Waals surface area contributed by atoms with E-state index >= 15 is 0 Å². The van der Waals surface area contributed by atoms with Crippen molar-refractivity contribution in [1.29, 1.82) is 0 Å². The van der Waals surface area contributed by atoms with Crippen molar-refractivity contribution in [3.05, 3.63) is 12.2 Å². The van der Waals surface area contributed by atoms with E-state index in [0.717, 1.165) is 0 Å². The quantitative estimate of drug-likeness (QED) is 0.214. The first-order chi connectivity index (χ1) is 13.8. The van der Waals surface area contributed by atoms with Crippen LogP contribution < -0.4 is 0 Å². The van der Waals surface area contributed by atoms with Gasteiger partial charge in [0.05, 0.1) is 11.8 Å². The van der Waals surface area contributed by atoms with Crippen molar-refractivity contribution in [2.45, 2.75) is 43.4 Å². The molecule has 0 spiro atoms. The lowest BCUT2D eigenvalue weighted by molar-refractivity contribution is -0.219. The van der Waals surface area contributed by atoms with Crippen molar-refractivity contribution in [1.82, 2.24) is 0 Å². The predicted molar refractivity (Wildman–Crippen MR) is 89.8 cm³/mol. The molecule has 0 aliphatic heterocycles. The summed E-state index contributed by atoms with van der Waals surface area (Å²) in [7, 11) is -11.2. The van der Waals surface area contributed by atoms with E-state index in [9.17, 15) is 48.4 Å². The molecule has 0 aromatic heterocycles. The lowest BCUT2D eigenvalue weighted by atomic mass is 9.83. The molecular formula is C14H17F5O10S2. The molecule has 0 amide bonds. The lowest BCUT2D eigenvalue weighted by Gasteiger charge is -2.29. The SMILES string of the molecule is CC(OC(=O)C1CC=CCC1C(=O)OC(CS(=O)(=O)O)C(F)(F)F)C(F)(F)S(=O)(=O)O. The third-order valence-electron chi connectivity index (χ3n) is 4.13. The molecule has 0 bridgehead atoms. The number of halogens is 5. The largest absolute Gasteiger partial charge is 0.455 e. The first-order valence-corrected chi connectivity index (χ1v) is 11.2. The summed E-state index contributed by atoms with van der Waals surface area (Å²) in [6.45, 7) is 0.420. The Labute approximate surface area is 172 Å². The molecule has 0 aromatic rings. The average molecular weight is 504 g/mol. The summed E-state index contributed by atoms with van der Waals surface area (Å²) in [6, 6.07) is 0. The molecule has 1 aliphatic carbocycles. The van der Waals surface area contributed by atoms with E-state index in [2.05, 4.69) is 9.47 Å². The van der Waals surface area contributed by atoms with Crippen LogP contribution in [0.1, 0.15) is 19.8 Å². The van der Waals surface area contributed by atoms with Crippen LogP contribution in [-0.4, -0.2) is 67.3 Å². The highest BCUT2D eigenvalue weighted by Gasteiger charge is 2.53. The normalized spacial score (nSPS) is 22.5. The van der Waals surface area contributed by atoms with Crippen LogP contribution in [-0.2, 0) is 39.3 Å². The van der Waals surface area contributed by atoms with Gasteiger partial charge in [0, 0.05) is 0 Å². The zero-order valence-corrected chi connectivity index (χ0v) is 17.1. The monoisotopic (exact) mass is 504 g/mol. The van der Waals surface area contributed by atoms with Gasteiger partial charge in [-0.3, -0.25) is 18.7 Å². The number of hydrogen-bond donors (Lipinski definition) is 2. The van der Waals surface area contributed by atoms with Crippen molar-refractivity contribution >= 4 is 32.2 Å². The number of esters is 2. The van der Waals surface area contributed by atoms with Crippen LogP contribution in [0.15, 0.2) is 12.2 Å². The van der Waals surface area contributed by atoms with Gasteiger partial charge in [0.2, 0.25) is 6.10 Å². The highest BCUT2D eigenvalue weighted by atomic mass is 32.2. The van der Waals surface area contributed by atoms with Crippen molar-refractivity contribution in [2.24, 2.45) is 11.8 Å². The summed E-state index contributed by atoms with van der Waals surface area (Å²) in [5.74, 6) is -8.75. The Morgan fingerprint density at radius 3 is 1.74 bits per heavy atom. The van der Waals surface area contributed by atoms with E-state index < -0.39 is 86.2 Å². The molecule has 1 rings (SSSR count). The Kier molecular flexibility index (Phi) is 8.18. The number of carbonyl (C=O) groups excluding carboxylic acids is 2. The zero-order chi connectivity index (χ0) is 24.4.